The van der Waals surface area contributed by atoms with Crippen LogP contribution >= 0.6 is 11.8 Å². The maximum Gasteiger partial charge on any atom is 0.341 e. The molecule has 5 rings (SSSR count). The lowest BCUT2D eigenvalue weighted by Gasteiger charge is -2.49. The Morgan fingerprint density at radius 1 is 0.974 bits per heavy atom. The highest BCUT2D eigenvalue weighted by Crippen LogP contribution is 2.48. The molecule has 2 heterocycles. The number of para-hydroxylation sites is 1. The summed E-state index contributed by atoms with van der Waals surface area (Å²) in [5.41, 5.74) is 2.61. The highest BCUT2D eigenvalue weighted by molar-refractivity contribution is 8.00. The van der Waals surface area contributed by atoms with E-state index in [-0.39, 0.29) is 22.6 Å². The van der Waals surface area contributed by atoms with Gasteiger partial charge in [-0.2, -0.15) is 0 Å². The molecule has 3 aromatic carbocycles. The number of rotatable bonds is 9. The molecule has 2 fully saturated rings. The first kappa shape index (κ1) is 26.3. The van der Waals surface area contributed by atoms with Crippen molar-refractivity contribution >= 4 is 29.3 Å². The van der Waals surface area contributed by atoms with Crippen molar-refractivity contribution in [1.29, 1.82) is 0 Å². The number of ether oxygens (including phenoxy) is 3. The van der Waals surface area contributed by atoms with Crippen LogP contribution in [-0.4, -0.2) is 47.8 Å². The van der Waals surface area contributed by atoms with Gasteiger partial charge in [-0.05, 0) is 29.8 Å². The molecule has 0 spiro atoms. The molecule has 2 aliphatic rings. The van der Waals surface area contributed by atoms with Gasteiger partial charge in [0.15, 0.2) is 6.61 Å². The summed E-state index contributed by atoms with van der Waals surface area (Å²) in [7, 11) is 0. The molecule has 0 radical (unpaired) electrons. The molecule has 1 amide bonds. The summed E-state index contributed by atoms with van der Waals surface area (Å²) < 4.78 is 18.1. The third kappa shape index (κ3) is 5.43. The van der Waals surface area contributed by atoms with E-state index < -0.39 is 18.4 Å². The van der Waals surface area contributed by atoms with E-state index in [0.717, 1.165) is 16.8 Å². The van der Waals surface area contributed by atoms with Gasteiger partial charge in [-0.25, -0.2) is 4.79 Å². The van der Waals surface area contributed by atoms with Crippen LogP contribution in [0.3, 0.4) is 0 Å². The number of carboxylic acid groups (broad SMARTS) is 1. The van der Waals surface area contributed by atoms with Gasteiger partial charge in [0.1, 0.15) is 11.0 Å². The number of β-lactam (4-membered cyclic amide) rings is 1. The third-order valence-corrected chi connectivity index (χ3v) is 8.09. The molecule has 0 saturated carbocycles. The van der Waals surface area contributed by atoms with Gasteiger partial charge in [0, 0.05) is 16.7 Å². The molecule has 3 aromatic rings. The number of nitrogens with zero attached hydrogens (tertiary/aromatic N) is 1. The van der Waals surface area contributed by atoms with Crippen molar-refractivity contribution in [1.82, 2.24) is 0 Å². The monoisotopic (exact) mass is 533 g/mol. The van der Waals surface area contributed by atoms with Crippen molar-refractivity contribution in [2.24, 2.45) is 5.41 Å². The average Bonchev–Trinajstić information content (AvgIpc) is 2.93. The van der Waals surface area contributed by atoms with Crippen LogP contribution in [0.15, 0.2) is 84.9 Å². The van der Waals surface area contributed by atoms with E-state index in [1.54, 1.807) is 23.9 Å². The van der Waals surface area contributed by atoms with E-state index in [4.69, 9.17) is 19.3 Å². The van der Waals surface area contributed by atoms with Crippen LogP contribution in [0.1, 0.15) is 31.0 Å². The smallest absolute Gasteiger partial charge is 0.341 e. The Labute approximate surface area is 226 Å². The number of benzene rings is 3. The summed E-state index contributed by atoms with van der Waals surface area (Å²) in [6.07, 6.45) is 0. The Balaban J connectivity index is 1.40. The minimum Gasteiger partial charge on any atom is -0.482 e. The molecule has 0 bridgehead atoms. The zero-order chi connectivity index (χ0) is 26.8. The predicted octanol–water partition coefficient (Wildman–Crippen LogP) is 5.27. The molecule has 2 saturated heterocycles. The number of carboxylic acids is 1. The van der Waals surface area contributed by atoms with Gasteiger partial charge in [0.2, 0.25) is 11.7 Å². The van der Waals surface area contributed by atoms with Crippen molar-refractivity contribution in [3.8, 4) is 5.75 Å². The second-order valence-electron chi connectivity index (χ2n) is 10.3. The Kier molecular flexibility index (Phi) is 7.47. The normalized spacial score (nSPS) is 21.9. The summed E-state index contributed by atoms with van der Waals surface area (Å²) in [6.45, 7) is 4.93. The van der Waals surface area contributed by atoms with Gasteiger partial charge in [-0.3, -0.25) is 4.79 Å². The number of carbonyl (C=O) groups excluding carboxylic acids is 1. The SMILES string of the molecule is CC1(C)COC(CSC2C(=O)N(c3ccccc3)C2c2ccc(OCC(=O)O)cc2)(c2ccccc2)OC1. The summed E-state index contributed by atoms with van der Waals surface area (Å²) in [6, 6.07) is 26.6. The van der Waals surface area contributed by atoms with Crippen LogP contribution in [0.2, 0.25) is 0 Å². The third-order valence-electron chi connectivity index (χ3n) is 6.72. The van der Waals surface area contributed by atoms with Crippen LogP contribution < -0.4 is 9.64 Å². The van der Waals surface area contributed by atoms with Crippen molar-refractivity contribution in [3.05, 3.63) is 96.1 Å². The van der Waals surface area contributed by atoms with Crippen molar-refractivity contribution in [3.63, 3.8) is 0 Å². The first-order valence-electron chi connectivity index (χ1n) is 12.6. The van der Waals surface area contributed by atoms with Gasteiger partial charge in [0.25, 0.3) is 0 Å². The molecule has 2 aliphatic heterocycles. The first-order chi connectivity index (χ1) is 18.3. The number of amides is 1. The minimum absolute atomic E-state index is 0.0248. The molecule has 8 heteroatoms. The summed E-state index contributed by atoms with van der Waals surface area (Å²) >= 11 is 1.54. The van der Waals surface area contributed by atoms with Crippen molar-refractivity contribution in [2.45, 2.75) is 30.9 Å². The molecule has 1 N–H and O–H groups in total. The lowest BCUT2D eigenvalue weighted by atomic mass is 9.92. The second-order valence-corrected chi connectivity index (χ2v) is 11.5. The number of hydrogen-bond acceptors (Lipinski definition) is 6. The number of hydrogen-bond donors (Lipinski definition) is 1. The molecule has 38 heavy (non-hydrogen) atoms. The fourth-order valence-corrected chi connectivity index (χ4v) is 6.11. The fraction of sp³-hybridized carbons (Fsp3) is 0.333. The summed E-state index contributed by atoms with van der Waals surface area (Å²) in [5.74, 6) is -1.02. The fourth-order valence-electron chi connectivity index (χ4n) is 4.66. The van der Waals surface area contributed by atoms with Gasteiger partial charge in [0.05, 0.1) is 25.0 Å². The quantitative estimate of drug-likeness (QED) is 0.375. The number of thioether (sulfide) groups is 1. The van der Waals surface area contributed by atoms with E-state index >= 15 is 0 Å². The van der Waals surface area contributed by atoms with Gasteiger partial charge >= 0.3 is 5.97 Å². The zero-order valence-corrected chi connectivity index (χ0v) is 22.2. The molecule has 2 unspecified atom stereocenters. The lowest BCUT2D eigenvalue weighted by Crippen LogP contribution is -2.58. The van der Waals surface area contributed by atoms with E-state index in [1.165, 1.54) is 0 Å². The van der Waals surface area contributed by atoms with Gasteiger partial charge in [-0.15, -0.1) is 11.8 Å². The standard InChI is InChI=1S/C30H31NO6S/c1-29(2)18-36-30(37-19-29,22-9-5-3-6-10-22)20-38-27-26(31(28(27)34)23-11-7-4-8-12-23)21-13-15-24(16-14-21)35-17-25(32)33/h3-16,26-27H,17-20H2,1-2H3,(H,32,33). The Bertz CT molecular complexity index is 1250. The molecule has 2 atom stereocenters. The molecule has 198 valence electrons. The van der Waals surface area contributed by atoms with E-state index in [0.29, 0.717) is 24.7 Å². The van der Waals surface area contributed by atoms with E-state index in [1.807, 2.05) is 77.7 Å². The molecule has 0 aliphatic carbocycles. The van der Waals surface area contributed by atoms with Crippen molar-refractivity contribution < 1.29 is 28.9 Å². The first-order valence-corrected chi connectivity index (χ1v) is 13.6. The Morgan fingerprint density at radius 3 is 2.18 bits per heavy atom. The topological polar surface area (TPSA) is 85.3 Å². The molecule has 7 nitrogen and oxygen atoms in total. The lowest BCUT2D eigenvalue weighted by molar-refractivity contribution is -0.295. The summed E-state index contributed by atoms with van der Waals surface area (Å²) in [4.78, 5) is 26.2. The molecular formula is C30H31NO6S. The van der Waals surface area contributed by atoms with Crippen LogP contribution in [0.4, 0.5) is 5.69 Å². The summed E-state index contributed by atoms with van der Waals surface area (Å²) in [5, 5.41) is 8.55. The van der Waals surface area contributed by atoms with E-state index in [2.05, 4.69) is 13.8 Å². The van der Waals surface area contributed by atoms with Crippen LogP contribution in [0.5, 0.6) is 5.75 Å². The maximum absolute atomic E-state index is 13.5. The minimum atomic E-state index is -1.03. The van der Waals surface area contributed by atoms with Crippen LogP contribution in [-0.2, 0) is 24.8 Å². The van der Waals surface area contributed by atoms with E-state index in [9.17, 15) is 9.59 Å². The Morgan fingerprint density at radius 2 is 1.58 bits per heavy atom. The average molecular weight is 534 g/mol. The van der Waals surface area contributed by atoms with Gasteiger partial charge < -0.3 is 24.2 Å². The van der Waals surface area contributed by atoms with Crippen LogP contribution in [0.25, 0.3) is 0 Å². The number of carbonyl (C=O) groups is 2. The van der Waals surface area contributed by atoms with Gasteiger partial charge in [-0.1, -0.05) is 74.5 Å². The largest absolute Gasteiger partial charge is 0.482 e. The zero-order valence-electron chi connectivity index (χ0n) is 21.4. The Hall–Kier alpha value is -3.33. The molecular weight excluding hydrogens is 502 g/mol. The van der Waals surface area contributed by atoms with Crippen molar-refractivity contribution in [2.75, 3.05) is 30.5 Å². The predicted molar refractivity (Wildman–Crippen MR) is 146 cm³/mol. The van der Waals surface area contributed by atoms with Crippen LogP contribution in [0, 0.1) is 5.41 Å². The number of aliphatic carboxylic acids is 1. The highest BCUT2D eigenvalue weighted by Gasteiger charge is 2.51. The maximum atomic E-state index is 13.5. The number of anilines is 1. The highest BCUT2D eigenvalue weighted by atomic mass is 32.2. The molecule has 0 aromatic heterocycles. The second kappa shape index (κ2) is 10.8.